The predicted molar refractivity (Wildman–Crippen MR) is 32.1 cm³/mol. The van der Waals surface area contributed by atoms with E-state index in [1.807, 2.05) is 0 Å². The van der Waals surface area contributed by atoms with Crippen molar-refractivity contribution in [1.82, 2.24) is 0 Å². The fraction of sp³-hybridized carbons (Fsp3) is 0. The second kappa shape index (κ2) is 3.52. The van der Waals surface area contributed by atoms with Gasteiger partial charge in [-0.25, -0.2) is 0 Å². The van der Waals surface area contributed by atoms with E-state index in [1.54, 1.807) is 0 Å². The van der Waals surface area contributed by atoms with Crippen LogP contribution in [-0.2, 0) is 4.57 Å². The van der Waals surface area contributed by atoms with Crippen molar-refractivity contribution in [2.75, 3.05) is 0 Å². The Hall–Kier alpha value is 1.53. The van der Waals surface area contributed by atoms with Crippen molar-refractivity contribution in [3.05, 3.63) is 0 Å². The van der Waals surface area contributed by atoms with Gasteiger partial charge in [-0.1, -0.05) is 0 Å². The van der Waals surface area contributed by atoms with E-state index < -0.39 is 5.20 Å². The summed E-state index contributed by atoms with van der Waals surface area (Å²) in [5.74, 6) is 0. The predicted octanol–water partition coefficient (Wildman–Crippen LogP) is 3.67. The molecule has 0 atom stereocenters. The largest absolute Gasteiger partial charge is 0.339 e. The molecule has 0 aliphatic heterocycles. The van der Waals surface area contributed by atoms with Crippen LogP contribution in [0.25, 0.3) is 0 Å². The van der Waals surface area contributed by atoms with Crippen molar-refractivity contribution >= 4 is 48.8 Å². The van der Waals surface area contributed by atoms with Gasteiger partial charge in [0.2, 0.25) is 0 Å². The van der Waals surface area contributed by atoms with Gasteiger partial charge in [0.1, 0.15) is 0 Å². The highest BCUT2D eigenvalue weighted by atomic mass is 36.0. The first-order valence-corrected chi connectivity index (χ1v) is 5.11. The van der Waals surface area contributed by atoms with Gasteiger partial charge >= 0.3 is 5.20 Å². The SMILES string of the molecule is O=P(Cl)(Cl)Cl.[P]. The summed E-state index contributed by atoms with van der Waals surface area (Å²) in [6.45, 7) is 0. The maximum Gasteiger partial charge on any atom is 0.339 e. The lowest BCUT2D eigenvalue weighted by atomic mass is 16.0. The monoisotopic (exact) mass is 183 g/mol. The standard InChI is InChI=1S/Cl3OP.P/c1-5(2,3)4;. The van der Waals surface area contributed by atoms with E-state index in [0.717, 1.165) is 0 Å². The second-order valence-corrected chi connectivity index (χ2v) is 7.04. The zero-order valence-electron chi connectivity index (χ0n) is 2.44. The van der Waals surface area contributed by atoms with Crippen molar-refractivity contribution < 1.29 is 4.57 Å². The summed E-state index contributed by atoms with van der Waals surface area (Å²) in [7, 11) is 0. The molecular weight excluding hydrogens is 184 g/mol. The summed E-state index contributed by atoms with van der Waals surface area (Å²) in [5.41, 5.74) is 0. The molecule has 0 aromatic rings. The zero-order chi connectivity index (χ0) is 4.50. The van der Waals surface area contributed by atoms with Crippen LogP contribution in [0.4, 0.5) is 0 Å². The minimum atomic E-state index is -3.22. The van der Waals surface area contributed by atoms with E-state index in [1.165, 1.54) is 0 Å². The molecular formula is Cl3OP2. The molecule has 1 nitrogen and oxygen atoms in total. The molecule has 0 saturated heterocycles. The number of halogens is 3. The van der Waals surface area contributed by atoms with Crippen molar-refractivity contribution in [2.24, 2.45) is 0 Å². The Labute approximate surface area is 53.7 Å². The average molecular weight is 184 g/mol. The second-order valence-electron chi connectivity index (χ2n) is 0.399. The molecule has 0 aliphatic rings. The Kier molecular flexibility index (Phi) is 6.16. The first-order chi connectivity index (χ1) is 2.00. The van der Waals surface area contributed by atoms with Crippen molar-refractivity contribution in [3.8, 4) is 0 Å². The average Bonchev–Trinajstić information content (AvgIpc) is 0.722. The minimum Gasteiger partial charge on any atom is -0.271 e. The molecule has 0 aromatic carbocycles. The van der Waals surface area contributed by atoms with E-state index in [4.69, 9.17) is 0 Å². The maximum absolute atomic E-state index is 9.51. The normalized spacial score (nSPS) is 9.83. The molecule has 6 heteroatoms. The van der Waals surface area contributed by atoms with Crippen LogP contribution in [0.15, 0.2) is 0 Å². The van der Waals surface area contributed by atoms with Crippen LogP contribution in [0, 0.1) is 0 Å². The summed E-state index contributed by atoms with van der Waals surface area (Å²) in [5, 5.41) is -3.22. The van der Waals surface area contributed by atoms with Gasteiger partial charge in [-0.2, -0.15) is 0 Å². The van der Waals surface area contributed by atoms with Gasteiger partial charge in [-0.05, 0) is 33.7 Å². The number of hydrogen-bond acceptors (Lipinski definition) is 1. The van der Waals surface area contributed by atoms with Crippen molar-refractivity contribution in [3.63, 3.8) is 0 Å². The molecule has 0 aromatic heterocycles. The third-order valence-corrected chi connectivity index (χ3v) is 0. The molecule has 3 radical (unpaired) electrons. The Balaban J connectivity index is 0. The maximum atomic E-state index is 9.51. The highest BCUT2D eigenvalue weighted by Crippen LogP contribution is 2.61. The van der Waals surface area contributed by atoms with E-state index in [-0.39, 0.29) is 9.90 Å². The van der Waals surface area contributed by atoms with Crippen LogP contribution in [-0.4, -0.2) is 0 Å². The number of rotatable bonds is 0. The molecule has 0 fully saturated rings. The van der Waals surface area contributed by atoms with Gasteiger partial charge in [-0.3, -0.25) is 4.57 Å². The van der Waals surface area contributed by atoms with Crippen molar-refractivity contribution in [1.29, 1.82) is 0 Å². The lowest BCUT2D eigenvalue weighted by Gasteiger charge is -1.74. The molecule has 37 valence electrons. The van der Waals surface area contributed by atoms with Crippen LogP contribution in [0.2, 0.25) is 0 Å². The topological polar surface area (TPSA) is 17.1 Å². The molecule has 0 spiro atoms. The summed E-state index contributed by atoms with van der Waals surface area (Å²) < 4.78 is 9.51. The van der Waals surface area contributed by atoms with Crippen LogP contribution in [0.5, 0.6) is 0 Å². The van der Waals surface area contributed by atoms with Gasteiger partial charge in [0.05, 0.1) is 0 Å². The van der Waals surface area contributed by atoms with Gasteiger partial charge in [0.25, 0.3) is 0 Å². The Morgan fingerprint density at radius 1 is 1.17 bits per heavy atom. The first kappa shape index (κ1) is 10.5. The Bertz CT molecular complexity index is 54.9. The smallest absolute Gasteiger partial charge is 0.271 e. The van der Waals surface area contributed by atoms with Crippen LogP contribution < -0.4 is 0 Å². The first-order valence-electron chi connectivity index (χ1n) is 0.690. The highest BCUT2D eigenvalue weighted by molar-refractivity contribution is 8.24. The molecule has 0 saturated carbocycles. The molecule has 0 unspecified atom stereocenters. The van der Waals surface area contributed by atoms with Gasteiger partial charge in [0, 0.05) is 9.90 Å². The van der Waals surface area contributed by atoms with Crippen LogP contribution >= 0.6 is 48.8 Å². The Morgan fingerprint density at radius 3 is 1.17 bits per heavy atom. The molecule has 0 heterocycles. The fourth-order valence-electron chi connectivity index (χ4n) is 0. The highest BCUT2D eigenvalue weighted by Gasteiger charge is 2.02. The molecule has 0 rings (SSSR count). The Morgan fingerprint density at radius 2 is 1.17 bits per heavy atom. The lowest BCUT2D eigenvalue weighted by Crippen LogP contribution is -1.19. The molecule has 0 amide bonds. The van der Waals surface area contributed by atoms with E-state index >= 15 is 0 Å². The third kappa shape index (κ3) is 48.5. The van der Waals surface area contributed by atoms with Gasteiger partial charge < -0.3 is 0 Å². The van der Waals surface area contributed by atoms with Crippen LogP contribution in [0.1, 0.15) is 0 Å². The third-order valence-electron chi connectivity index (χ3n) is 0. The van der Waals surface area contributed by atoms with E-state index in [9.17, 15) is 4.57 Å². The molecule has 0 bridgehead atoms. The van der Waals surface area contributed by atoms with E-state index in [0.29, 0.717) is 0 Å². The fourth-order valence-corrected chi connectivity index (χ4v) is 0. The van der Waals surface area contributed by atoms with E-state index in [2.05, 4.69) is 33.7 Å². The summed E-state index contributed by atoms with van der Waals surface area (Å²) in [6, 6.07) is 0. The quantitative estimate of drug-likeness (QED) is 0.525. The number of hydrogen-bond donors (Lipinski definition) is 0. The van der Waals surface area contributed by atoms with Crippen LogP contribution in [0.3, 0.4) is 0 Å². The zero-order valence-corrected chi connectivity index (χ0v) is 6.49. The minimum absolute atomic E-state index is 0. The van der Waals surface area contributed by atoms with Gasteiger partial charge in [0.15, 0.2) is 0 Å². The van der Waals surface area contributed by atoms with Crippen molar-refractivity contribution in [2.45, 2.75) is 0 Å². The summed E-state index contributed by atoms with van der Waals surface area (Å²) in [4.78, 5) is 0. The van der Waals surface area contributed by atoms with Gasteiger partial charge in [-0.15, -0.1) is 0 Å². The summed E-state index contributed by atoms with van der Waals surface area (Å²) >= 11 is 13.8. The molecule has 6 heavy (non-hydrogen) atoms. The molecule has 0 N–H and O–H groups in total. The molecule has 0 aliphatic carbocycles. The lowest BCUT2D eigenvalue weighted by molar-refractivity contribution is 0.600. The summed E-state index contributed by atoms with van der Waals surface area (Å²) in [6.07, 6.45) is 0.